The fraction of sp³-hybridized carbons (Fsp3) is 1.00. The van der Waals surface area contributed by atoms with Crippen molar-refractivity contribution in [2.45, 2.75) is 36.2 Å². The molecule has 1 fully saturated rings. The Bertz CT molecular complexity index is 103. The molecule has 10 heavy (non-hydrogen) atoms. The first-order valence-electron chi connectivity index (χ1n) is 3.77. The Kier molecular flexibility index (Phi) is 3.28. The molecule has 0 aromatic rings. The first-order valence-corrected chi connectivity index (χ1v) is 5.11. The zero-order valence-corrected chi connectivity index (χ0v) is 8.61. The Morgan fingerprint density at radius 1 is 1.10 bits per heavy atom. The van der Waals surface area contributed by atoms with Gasteiger partial charge in [0, 0.05) is 0 Å². The SMILES string of the molecule is PC(Cl)(Cl)C1CCCCC1. The van der Waals surface area contributed by atoms with Gasteiger partial charge >= 0.3 is 0 Å². The van der Waals surface area contributed by atoms with E-state index in [4.69, 9.17) is 23.2 Å². The van der Waals surface area contributed by atoms with Gasteiger partial charge in [-0.15, -0.1) is 0 Å². The maximum absolute atomic E-state index is 5.94. The molecule has 0 heterocycles. The summed E-state index contributed by atoms with van der Waals surface area (Å²) in [6.07, 6.45) is 6.32. The van der Waals surface area contributed by atoms with Crippen LogP contribution in [-0.4, -0.2) is 4.07 Å². The Labute approximate surface area is 74.9 Å². The van der Waals surface area contributed by atoms with Crippen molar-refractivity contribution in [3.05, 3.63) is 0 Å². The van der Waals surface area contributed by atoms with Crippen molar-refractivity contribution in [1.29, 1.82) is 0 Å². The van der Waals surface area contributed by atoms with Gasteiger partial charge in [0.2, 0.25) is 0 Å². The summed E-state index contributed by atoms with van der Waals surface area (Å²) in [6.45, 7) is 0. The Morgan fingerprint density at radius 2 is 1.60 bits per heavy atom. The van der Waals surface area contributed by atoms with Crippen LogP contribution in [0.4, 0.5) is 0 Å². The van der Waals surface area contributed by atoms with Crippen LogP contribution in [0.3, 0.4) is 0 Å². The molecule has 0 saturated heterocycles. The molecule has 0 bridgehead atoms. The van der Waals surface area contributed by atoms with Gasteiger partial charge in [-0.25, -0.2) is 0 Å². The second kappa shape index (κ2) is 3.61. The molecule has 1 saturated carbocycles. The molecular weight excluding hydrogens is 186 g/mol. The molecule has 0 radical (unpaired) electrons. The minimum absolute atomic E-state index is 0.495. The summed E-state index contributed by atoms with van der Waals surface area (Å²) in [5.74, 6) is 0.495. The zero-order valence-electron chi connectivity index (χ0n) is 5.95. The van der Waals surface area contributed by atoms with Gasteiger partial charge in [0.1, 0.15) is 4.07 Å². The first-order chi connectivity index (χ1) is 4.61. The van der Waals surface area contributed by atoms with Crippen molar-refractivity contribution >= 4 is 32.4 Å². The van der Waals surface area contributed by atoms with Crippen molar-refractivity contribution in [2.24, 2.45) is 5.92 Å². The van der Waals surface area contributed by atoms with Crippen molar-refractivity contribution in [1.82, 2.24) is 0 Å². The Hall–Kier alpha value is 1.01. The van der Waals surface area contributed by atoms with Crippen LogP contribution >= 0.6 is 32.4 Å². The highest BCUT2D eigenvalue weighted by molar-refractivity contribution is 7.27. The lowest BCUT2D eigenvalue weighted by atomic mass is 9.90. The lowest BCUT2D eigenvalue weighted by Gasteiger charge is -2.29. The minimum atomic E-state index is -0.569. The van der Waals surface area contributed by atoms with Gasteiger partial charge in [0.15, 0.2) is 0 Å². The second-order valence-corrected chi connectivity index (χ2v) is 6.10. The third-order valence-electron chi connectivity index (χ3n) is 2.15. The van der Waals surface area contributed by atoms with E-state index >= 15 is 0 Å². The molecule has 0 aromatic heterocycles. The highest BCUT2D eigenvalue weighted by Gasteiger charge is 2.30. The molecule has 1 unspecified atom stereocenters. The summed E-state index contributed by atoms with van der Waals surface area (Å²) in [6, 6.07) is 0. The summed E-state index contributed by atoms with van der Waals surface area (Å²) in [5.41, 5.74) is 0. The minimum Gasteiger partial charge on any atom is -0.0984 e. The lowest BCUT2D eigenvalue weighted by molar-refractivity contribution is 0.365. The normalized spacial score (nSPS) is 23.1. The summed E-state index contributed by atoms with van der Waals surface area (Å²) in [4.78, 5) is 0. The fourth-order valence-corrected chi connectivity index (χ4v) is 2.26. The van der Waals surface area contributed by atoms with E-state index in [1.54, 1.807) is 0 Å². The molecule has 0 spiro atoms. The van der Waals surface area contributed by atoms with E-state index in [9.17, 15) is 0 Å². The van der Waals surface area contributed by atoms with Gasteiger partial charge < -0.3 is 0 Å². The van der Waals surface area contributed by atoms with Crippen LogP contribution in [0.25, 0.3) is 0 Å². The van der Waals surface area contributed by atoms with Crippen LogP contribution < -0.4 is 0 Å². The second-order valence-electron chi connectivity index (χ2n) is 3.01. The average molecular weight is 199 g/mol. The smallest absolute Gasteiger partial charge is 0.0984 e. The van der Waals surface area contributed by atoms with E-state index in [0.29, 0.717) is 5.92 Å². The summed E-state index contributed by atoms with van der Waals surface area (Å²) in [5, 5.41) is 0. The molecule has 0 aliphatic heterocycles. The van der Waals surface area contributed by atoms with Crippen LogP contribution in [0.15, 0.2) is 0 Å². The number of hydrogen-bond acceptors (Lipinski definition) is 0. The molecule has 1 aliphatic carbocycles. The van der Waals surface area contributed by atoms with Crippen LogP contribution in [0.1, 0.15) is 32.1 Å². The summed E-state index contributed by atoms with van der Waals surface area (Å²) < 4.78 is -0.569. The van der Waals surface area contributed by atoms with Gasteiger partial charge in [-0.05, 0) is 18.8 Å². The maximum atomic E-state index is 5.94. The standard InChI is InChI=1S/C7H13Cl2P/c8-7(9,10)6-4-2-1-3-5-6/h6H,1-5,10H2. The topological polar surface area (TPSA) is 0 Å². The fourth-order valence-electron chi connectivity index (χ4n) is 1.49. The van der Waals surface area contributed by atoms with E-state index in [1.165, 1.54) is 32.1 Å². The van der Waals surface area contributed by atoms with Gasteiger partial charge in [-0.2, -0.15) is 0 Å². The number of alkyl halides is 2. The number of hydrogen-bond donors (Lipinski definition) is 0. The zero-order chi connectivity index (χ0) is 7.61. The van der Waals surface area contributed by atoms with Gasteiger partial charge in [-0.3, -0.25) is 0 Å². The maximum Gasteiger partial charge on any atom is 0.133 e. The third-order valence-corrected chi connectivity index (χ3v) is 3.24. The van der Waals surface area contributed by atoms with E-state index < -0.39 is 4.07 Å². The van der Waals surface area contributed by atoms with Crippen LogP contribution in [-0.2, 0) is 0 Å². The van der Waals surface area contributed by atoms with Crippen molar-refractivity contribution < 1.29 is 0 Å². The van der Waals surface area contributed by atoms with Crippen molar-refractivity contribution in [2.75, 3.05) is 0 Å². The van der Waals surface area contributed by atoms with E-state index in [0.717, 1.165) is 0 Å². The molecular formula is C7H13Cl2P. The van der Waals surface area contributed by atoms with Gasteiger partial charge in [0.25, 0.3) is 0 Å². The molecule has 0 amide bonds. The van der Waals surface area contributed by atoms with Crippen LogP contribution in [0, 0.1) is 5.92 Å². The largest absolute Gasteiger partial charge is 0.133 e. The predicted octanol–water partition coefficient (Wildman–Crippen LogP) is 3.57. The molecule has 0 nitrogen and oxygen atoms in total. The monoisotopic (exact) mass is 198 g/mol. The van der Waals surface area contributed by atoms with Crippen LogP contribution in [0.2, 0.25) is 0 Å². The van der Waals surface area contributed by atoms with Gasteiger partial charge in [0.05, 0.1) is 0 Å². The van der Waals surface area contributed by atoms with E-state index in [-0.39, 0.29) is 0 Å². The lowest BCUT2D eigenvalue weighted by Crippen LogP contribution is -2.20. The number of halogens is 2. The third kappa shape index (κ3) is 2.57. The average Bonchev–Trinajstić information content (AvgIpc) is 1.88. The molecule has 60 valence electrons. The molecule has 1 aliphatic rings. The highest BCUT2D eigenvalue weighted by atomic mass is 35.5. The first kappa shape index (κ1) is 9.10. The molecule has 1 atom stereocenters. The summed E-state index contributed by atoms with van der Waals surface area (Å²) >= 11 is 11.9. The van der Waals surface area contributed by atoms with Crippen molar-refractivity contribution in [3.63, 3.8) is 0 Å². The highest BCUT2D eigenvalue weighted by Crippen LogP contribution is 2.44. The van der Waals surface area contributed by atoms with E-state index in [2.05, 4.69) is 9.24 Å². The molecule has 1 rings (SSSR count). The van der Waals surface area contributed by atoms with Crippen molar-refractivity contribution in [3.8, 4) is 0 Å². The summed E-state index contributed by atoms with van der Waals surface area (Å²) in [7, 11) is 2.51. The van der Waals surface area contributed by atoms with Gasteiger partial charge in [-0.1, -0.05) is 51.7 Å². The number of rotatable bonds is 1. The molecule has 3 heteroatoms. The quantitative estimate of drug-likeness (QED) is 0.447. The Balaban J connectivity index is 2.39. The predicted molar refractivity (Wildman–Crippen MR) is 50.7 cm³/mol. The van der Waals surface area contributed by atoms with Crippen LogP contribution in [0.5, 0.6) is 0 Å². The molecule has 0 aromatic carbocycles. The Morgan fingerprint density at radius 3 is 1.90 bits per heavy atom. The molecule has 0 N–H and O–H groups in total. The van der Waals surface area contributed by atoms with E-state index in [1.807, 2.05) is 0 Å².